The molecule has 6 heteroatoms. The highest BCUT2D eigenvalue weighted by Crippen LogP contribution is 2.24. The van der Waals surface area contributed by atoms with E-state index in [1.807, 2.05) is 36.4 Å². The smallest absolute Gasteiger partial charge is 0.262 e. The van der Waals surface area contributed by atoms with E-state index < -0.39 is 0 Å². The molecule has 4 rings (SSSR count). The van der Waals surface area contributed by atoms with Crippen LogP contribution in [0, 0.1) is 0 Å². The Hall–Kier alpha value is -2.86. The Balaban J connectivity index is 1.78. The van der Waals surface area contributed by atoms with Crippen molar-refractivity contribution in [1.82, 2.24) is 9.55 Å². The standard InChI is InChI=1S/C19H20N4O2/c20-14-4-1-3-12(9-14)13-6-7-16-17(10-13)22-19(21)23(18(16)24)11-15-5-2-8-25-15/h1,3-4,6-7,9-10,15H,2,5,8,11,20H2,(H2,21,22). The number of nitrogens with zero attached hydrogens (tertiary/aromatic N) is 2. The fourth-order valence-electron chi connectivity index (χ4n) is 3.30. The molecule has 0 radical (unpaired) electrons. The summed E-state index contributed by atoms with van der Waals surface area (Å²) < 4.78 is 7.12. The summed E-state index contributed by atoms with van der Waals surface area (Å²) in [4.78, 5) is 17.2. The minimum Gasteiger partial charge on any atom is -0.399 e. The number of nitrogens with two attached hydrogens (primary N) is 2. The highest BCUT2D eigenvalue weighted by atomic mass is 16.5. The van der Waals surface area contributed by atoms with Crippen molar-refractivity contribution in [2.45, 2.75) is 25.5 Å². The lowest BCUT2D eigenvalue weighted by Gasteiger charge is -2.14. The number of benzene rings is 2. The van der Waals surface area contributed by atoms with E-state index in [2.05, 4.69) is 4.98 Å². The molecule has 1 unspecified atom stereocenters. The summed E-state index contributed by atoms with van der Waals surface area (Å²) in [7, 11) is 0. The lowest BCUT2D eigenvalue weighted by molar-refractivity contribution is 0.0966. The number of aromatic nitrogens is 2. The highest BCUT2D eigenvalue weighted by molar-refractivity contribution is 5.84. The Kier molecular flexibility index (Phi) is 3.89. The molecule has 6 nitrogen and oxygen atoms in total. The molecule has 1 aromatic heterocycles. The third-order valence-electron chi connectivity index (χ3n) is 4.62. The van der Waals surface area contributed by atoms with Crippen molar-refractivity contribution >= 4 is 22.5 Å². The van der Waals surface area contributed by atoms with Gasteiger partial charge in [-0.05, 0) is 48.2 Å². The van der Waals surface area contributed by atoms with Gasteiger partial charge < -0.3 is 16.2 Å². The molecular weight excluding hydrogens is 316 g/mol. The second-order valence-electron chi connectivity index (χ2n) is 6.38. The largest absolute Gasteiger partial charge is 0.399 e. The quantitative estimate of drug-likeness (QED) is 0.716. The summed E-state index contributed by atoms with van der Waals surface area (Å²) in [6, 6.07) is 13.2. The van der Waals surface area contributed by atoms with Crippen LogP contribution in [0.3, 0.4) is 0 Å². The lowest BCUT2D eigenvalue weighted by atomic mass is 10.0. The lowest BCUT2D eigenvalue weighted by Crippen LogP contribution is -2.29. The van der Waals surface area contributed by atoms with Crippen LogP contribution in [-0.4, -0.2) is 22.3 Å². The van der Waals surface area contributed by atoms with Gasteiger partial charge in [0.25, 0.3) is 5.56 Å². The molecule has 1 saturated heterocycles. The molecule has 1 atom stereocenters. The Morgan fingerprint density at radius 3 is 2.76 bits per heavy atom. The summed E-state index contributed by atoms with van der Waals surface area (Å²) in [6.07, 6.45) is 1.99. The molecule has 2 aromatic carbocycles. The second kappa shape index (κ2) is 6.22. The van der Waals surface area contributed by atoms with Gasteiger partial charge in [-0.15, -0.1) is 0 Å². The van der Waals surface area contributed by atoms with Gasteiger partial charge in [0, 0.05) is 12.3 Å². The van der Waals surface area contributed by atoms with E-state index in [1.54, 1.807) is 6.07 Å². The van der Waals surface area contributed by atoms with Gasteiger partial charge in [0.05, 0.1) is 23.6 Å². The second-order valence-corrected chi connectivity index (χ2v) is 6.38. The molecule has 0 spiro atoms. The maximum Gasteiger partial charge on any atom is 0.262 e. The first-order chi connectivity index (χ1) is 12.1. The first-order valence-electron chi connectivity index (χ1n) is 8.39. The van der Waals surface area contributed by atoms with Gasteiger partial charge in [-0.1, -0.05) is 18.2 Å². The van der Waals surface area contributed by atoms with Crippen LogP contribution < -0.4 is 17.0 Å². The molecular formula is C19H20N4O2. The van der Waals surface area contributed by atoms with Crippen molar-refractivity contribution in [3.63, 3.8) is 0 Å². The van der Waals surface area contributed by atoms with E-state index in [-0.39, 0.29) is 17.6 Å². The number of rotatable bonds is 3. The maximum atomic E-state index is 12.8. The van der Waals surface area contributed by atoms with Crippen molar-refractivity contribution in [2.24, 2.45) is 0 Å². The Morgan fingerprint density at radius 1 is 1.16 bits per heavy atom. The molecule has 1 aliphatic heterocycles. The predicted molar refractivity (Wildman–Crippen MR) is 99.2 cm³/mol. The van der Waals surface area contributed by atoms with Gasteiger partial charge in [0.15, 0.2) is 0 Å². The van der Waals surface area contributed by atoms with Crippen LogP contribution >= 0.6 is 0 Å². The third-order valence-corrected chi connectivity index (χ3v) is 4.62. The number of ether oxygens (including phenoxy) is 1. The van der Waals surface area contributed by atoms with Crippen LogP contribution in [0.5, 0.6) is 0 Å². The van der Waals surface area contributed by atoms with E-state index in [0.717, 1.165) is 30.6 Å². The number of fused-ring (bicyclic) bond motifs is 1. The van der Waals surface area contributed by atoms with Crippen LogP contribution in [0.1, 0.15) is 12.8 Å². The normalized spacial score (nSPS) is 17.2. The monoisotopic (exact) mass is 336 g/mol. The first kappa shape index (κ1) is 15.7. The predicted octanol–water partition coefficient (Wildman–Crippen LogP) is 2.41. The van der Waals surface area contributed by atoms with E-state index in [4.69, 9.17) is 16.2 Å². The molecule has 0 saturated carbocycles. The van der Waals surface area contributed by atoms with Crippen LogP contribution in [0.4, 0.5) is 11.6 Å². The van der Waals surface area contributed by atoms with Crippen molar-refractivity contribution < 1.29 is 4.74 Å². The van der Waals surface area contributed by atoms with Crippen LogP contribution in [0.2, 0.25) is 0 Å². The molecule has 1 fully saturated rings. The van der Waals surface area contributed by atoms with Crippen LogP contribution in [0.15, 0.2) is 47.3 Å². The molecule has 3 aromatic rings. The van der Waals surface area contributed by atoms with Crippen LogP contribution in [-0.2, 0) is 11.3 Å². The Morgan fingerprint density at radius 2 is 2.00 bits per heavy atom. The molecule has 128 valence electrons. The summed E-state index contributed by atoms with van der Waals surface area (Å²) >= 11 is 0. The van der Waals surface area contributed by atoms with Crippen LogP contribution in [0.25, 0.3) is 22.0 Å². The minimum atomic E-state index is -0.128. The average molecular weight is 336 g/mol. The molecule has 0 bridgehead atoms. The SMILES string of the molecule is Nc1cccc(-c2ccc3c(=O)n(CC4CCCO4)c(N)nc3c2)c1. The molecule has 0 aliphatic carbocycles. The van der Waals surface area contributed by atoms with Crippen molar-refractivity contribution in [1.29, 1.82) is 0 Å². The van der Waals surface area contributed by atoms with Gasteiger partial charge in [0.1, 0.15) is 0 Å². The fraction of sp³-hybridized carbons (Fsp3) is 0.263. The van der Waals surface area contributed by atoms with Gasteiger partial charge in [-0.25, -0.2) is 4.98 Å². The fourth-order valence-corrected chi connectivity index (χ4v) is 3.30. The van der Waals surface area contributed by atoms with Crippen molar-refractivity contribution in [2.75, 3.05) is 18.1 Å². The topological polar surface area (TPSA) is 96.2 Å². The van der Waals surface area contributed by atoms with Gasteiger partial charge >= 0.3 is 0 Å². The molecule has 1 aliphatic rings. The summed E-state index contributed by atoms with van der Waals surface area (Å²) in [5.74, 6) is 0.220. The Labute approximate surface area is 145 Å². The zero-order valence-corrected chi connectivity index (χ0v) is 13.8. The van der Waals surface area contributed by atoms with E-state index in [1.165, 1.54) is 4.57 Å². The number of nitrogen functional groups attached to an aromatic ring is 2. The minimum absolute atomic E-state index is 0.0332. The molecule has 4 N–H and O–H groups in total. The summed E-state index contributed by atoms with van der Waals surface area (Å²) in [5.41, 5.74) is 15.0. The van der Waals surface area contributed by atoms with Gasteiger partial charge in [-0.3, -0.25) is 9.36 Å². The highest BCUT2D eigenvalue weighted by Gasteiger charge is 2.19. The van der Waals surface area contributed by atoms with Crippen molar-refractivity contribution in [3.8, 4) is 11.1 Å². The zero-order chi connectivity index (χ0) is 17.4. The molecule has 0 amide bonds. The number of hydrogen-bond donors (Lipinski definition) is 2. The average Bonchev–Trinajstić information content (AvgIpc) is 3.11. The third kappa shape index (κ3) is 2.96. The Bertz CT molecular complexity index is 990. The zero-order valence-electron chi connectivity index (χ0n) is 13.8. The summed E-state index contributed by atoms with van der Waals surface area (Å²) in [5, 5.41) is 0.555. The number of anilines is 2. The summed E-state index contributed by atoms with van der Waals surface area (Å²) in [6.45, 7) is 1.19. The van der Waals surface area contributed by atoms with E-state index in [0.29, 0.717) is 23.1 Å². The molecule has 25 heavy (non-hydrogen) atoms. The van der Waals surface area contributed by atoms with E-state index >= 15 is 0 Å². The first-order valence-corrected chi connectivity index (χ1v) is 8.39. The van der Waals surface area contributed by atoms with Crippen molar-refractivity contribution in [3.05, 3.63) is 52.8 Å². The van der Waals surface area contributed by atoms with Gasteiger partial charge in [-0.2, -0.15) is 0 Å². The van der Waals surface area contributed by atoms with Gasteiger partial charge in [0.2, 0.25) is 5.95 Å². The van der Waals surface area contributed by atoms with E-state index in [9.17, 15) is 4.79 Å². The maximum absolute atomic E-state index is 12.8. The number of hydrogen-bond acceptors (Lipinski definition) is 5. The molecule has 2 heterocycles.